The Morgan fingerprint density at radius 1 is 1.30 bits per heavy atom. The van der Waals surface area contributed by atoms with E-state index < -0.39 is 11.5 Å². The predicted molar refractivity (Wildman–Crippen MR) is 75.4 cm³/mol. The van der Waals surface area contributed by atoms with Crippen LogP contribution in [0.15, 0.2) is 12.4 Å². The molecule has 0 aliphatic carbocycles. The van der Waals surface area contributed by atoms with Gasteiger partial charge in [-0.3, -0.25) is 19.7 Å². The first kappa shape index (κ1) is 14.9. The first-order valence-electron chi connectivity index (χ1n) is 6.87. The van der Waals surface area contributed by atoms with Crippen molar-refractivity contribution in [1.82, 2.24) is 19.8 Å². The minimum atomic E-state index is -0.809. The quantitative estimate of drug-likeness (QED) is 0.875. The number of carbonyl (C=O) groups is 1. The van der Waals surface area contributed by atoms with Crippen LogP contribution in [0.25, 0.3) is 0 Å². The van der Waals surface area contributed by atoms with Gasteiger partial charge in [0.15, 0.2) is 0 Å². The summed E-state index contributed by atoms with van der Waals surface area (Å²) in [7, 11) is 2.08. The van der Waals surface area contributed by atoms with Crippen molar-refractivity contribution in [2.75, 3.05) is 33.2 Å². The summed E-state index contributed by atoms with van der Waals surface area (Å²) in [5.74, 6) is -0.809. The fourth-order valence-electron chi connectivity index (χ4n) is 2.88. The molecule has 2 heterocycles. The molecule has 6 nitrogen and oxygen atoms in total. The van der Waals surface area contributed by atoms with Crippen molar-refractivity contribution in [2.24, 2.45) is 0 Å². The van der Waals surface area contributed by atoms with E-state index in [1.165, 1.54) is 0 Å². The van der Waals surface area contributed by atoms with Gasteiger partial charge in [-0.05, 0) is 20.9 Å². The number of hydrogen-bond acceptors (Lipinski definition) is 5. The van der Waals surface area contributed by atoms with Crippen molar-refractivity contribution in [3.05, 3.63) is 23.8 Å². The molecule has 1 aliphatic rings. The summed E-state index contributed by atoms with van der Waals surface area (Å²) in [6, 6.07) is 0. The summed E-state index contributed by atoms with van der Waals surface area (Å²) in [5, 5.41) is 9.30. The number of nitrogens with zero attached hydrogens (tertiary/aromatic N) is 4. The Morgan fingerprint density at radius 3 is 2.45 bits per heavy atom. The van der Waals surface area contributed by atoms with Crippen LogP contribution >= 0.6 is 0 Å². The molecule has 2 rings (SSSR count). The molecule has 1 aromatic heterocycles. The van der Waals surface area contributed by atoms with Crippen molar-refractivity contribution >= 4 is 5.97 Å². The number of carboxylic acid groups (broad SMARTS) is 1. The molecule has 1 atom stereocenters. The standard InChI is InChI=1S/C14H22N4O2/c1-11-13(16-5-4-15-11)14(2,10-12(19)20)18-8-6-17(3)7-9-18/h4-5H,6-10H2,1-3H3,(H,19,20). The number of carboxylic acids is 1. The number of aryl methyl sites for hydroxylation is 1. The Hall–Kier alpha value is -1.53. The van der Waals surface area contributed by atoms with Crippen LogP contribution in [0, 0.1) is 6.92 Å². The third-order valence-electron chi connectivity index (χ3n) is 4.09. The van der Waals surface area contributed by atoms with Crippen LogP contribution in [-0.4, -0.2) is 64.1 Å². The van der Waals surface area contributed by atoms with Gasteiger partial charge in [0, 0.05) is 38.6 Å². The second kappa shape index (κ2) is 5.85. The van der Waals surface area contributed by atoms with Crippen molar-refractivity contribution in [1.29, 1.82) is 0 Å². The van der Waals surface area contributed by atoms with E-state index in [2.05, 4.69) is 26.8 Å². The number of rotatable bonds is 4. The van der Waals surface area contributed by atoms with E-state index in [-0.39, 0.29) is 6.42 Å². The monoisotopic (exact) mass is 278 g/mol. The highest BCUT2D eigenvalue weighted by molar-refractivity contribution is 5.68. The van der Waals surface area contributed by atoms with Gasteiger partial charge in [-0.1, -0.05) is 0 Å². The summed E-state index contributed by atoms with van der Waals surface area (Å²) in [6.45, 7) is 7.41. The van der Waals surface area contributed by atoms with Gasteiger partial charge in [-0.2, -0.15) is 0 Å². The third kappa shape index (κ3) is 2.96. The molecule has 1 aliphatic heterocycles. The molecular weight excluding hydrogens is 256 g/mol. The summed E-state index contributed by atoms with van der Waals surface area (Å²) in [6.07, 6.45) is 3.32. The first-order valence-corrected chi connectivity index (χ1v) is 6.87. The molecule has 1 fully saturated rings. The lowest BCUT2D eigenvalue weighted by atomic mass is 9.89. The molecule has 1 aromatic rings. The zero-order valence-electron chi connectivity index (χ0n) is 12.3. The van der Waals surface area contributed by atoms with Gasteiger partial charge in [0.2, 0.25) is 0 Å². The number of piperazine rings is 1. The van der Waals surface area contributed by atoms with Crippen LogP contribution in [0.3, 0.4) is 0 Å². The predicted octanol–water partition coefficient (Wildman–Crippen LogP) is 0.722. The Balaban J connectivity index is 2.35. The van der Waals surface area contributed by atoms with E-state index in [0.717, 1.165) is 37.6 Å². The minimum Gasteiger partial charge on any atom is -0.481 e. The second-order valence-electron chi connectivity index (χ2n) is 5.63. The smallest absolute Gasteiger partial charge is 0.305 e. The molecule has 0 saturated carbocycles. The Labute approximate surface area is 119 Å². The van der Waals surface area contributed by atoms with Gasteiger partial charge in [0.05, 0.1) is 23.3 Å². The maximum Gasteiger partial charge on any atom is 0.305 e. The number of likely N-dealkylation sites (N-methyl/N-ethyl adjacent to an activating group) is 1. The van der Waals surface area contributed by atoms with Gasteiger partial charge in [-0.15, -0.1) is 0 Å². The van der Waals surface area contributed by atoms with Gasteiger partial charge in [0.25, 0.3) is 0 Å². The molecule has 0 spiro atoms. The zero-order chi connectivity index (χ0) is 14.8. The molecule has 0 aromatic carbocycles. The average molecular weight is 278 g/mol. The Bertz CT molecular complexity index is 486. The maximum absolute atomic E-state index is 11.3. The van der Waals surface area contributed by atoms with Crippen LogP contribution in [0.5, 0.6) is 0 Å². The molecule has 0 radical (unpaired) electrons. The highest BCUT2D eigenvalue weighted by Gasteiger charge is 2.39. The van der Waals surface area contributed by atoms with Crippen molar-refractivity contribution < 1.29 is 9.90 Å². The molecule has 0 bridgehead atoms. The van der Waals surface area contributed by atoms with Crippen molar-refractivity contribution in [3.8, 4) is 0 Å². The lowest BCUT2D eigenvalue weighted by Gasteiger charge is -2.44. The highest BCUT2D eigenvalue weighted by Crippen LogP contribution is 2.32. The summed E-state index contributed by atoms with van der Waals surface area (Å²) < 4.78 is 0. The first-order chi connectivity index (χ1) is 9.43. The molecular formula is C14H22N4O2. The van der Waals surface area contributed by atoms with E-state index in [0.29, 0.717) is 0 Å². The second-order valence-corrected chi connectivity index (χ2v) is 5.63. The van der Waals surface area contributed by atoms with Crippen molar-refractivity contribution in [2.45, 2.75) is 25.8 Å². The number of hydrogen-bond donors (Lipinski definition) is 1. The van der Waals surface area contributed by atoms with Crippen LogP contribution in [0.1, 0.15) is 24.7 Å². The molecule has 110 valence electrons. The van der Waals surface area contributed by atoms with Crippen LogP contribution in [-0.2, 0) is 10.3 Å². The molecule has 1 N–H and O–H groups in total. The van der Waals surface area contributed by atoms with Crippen LogP contribution in [0.2, 0.25) is 0 Å². The maximum atomic E-state index is 11.3. The number of aliphatic carboxylic acids is 1. The third-order valence-corrected chi connectivity index (χ3v) is 4.09. The summed E-state index contributed by atoms with van der Waals surface area (Å²) >= 11 is 0. The topological polar surface area (TPSA) is 69.6 Å². The van der Waals surface area contributed by atoms with Gasteiger partial charge >= 0.3 is 5.97 Å². The molecule has 6 heteroatoms. The van der Waals surface area contributed by atoms with Crippen LogP contribution < -0.4 is 0 Å². The van der Waals surface area contributed by atoms with E-state index in [1.54, 1.807) is 12.4 Å². The lowest BCUT2D eigenvalue weighted by molar-refractivity contribution is -0.141. The van der Waals surface area contributed by atoms with E-state index in [4.69, 9.17) is 0 Å². The average Bonchev–Trinajstić information content (AvgIpc) is 2.39. The van der Waals surface area contributed by atoms with E-state index >= 15 is 0 Å². The minimum absolute atomic E-state index is 0.0379. The van der Waals surface area contributed by atoms with Gasteiger partial charge in [-0.25, -0.2) is 0 Å². The summed E-state index contributed by atoms with van der Waals surface area (Å²) in [5.41, 5.74) is 0.966. The normalized spacial score (nSPS) is 20.6. The molecule has 1 unspecified atom stereocenters. The Morgan fingerprint density at radius 2 is 1.90 bits per heavy atom. The molecule has 20 heavy (non-hydrogen) atoms. The lowest BCUT2D eigenvalue weighted by Crippen LogP contribution is -2.54. The number of aromatic nitrogens is 2. The highest BCUT2D eigenvalue weighted by atomic mass is 16.4. The van der Waals surface area contributed by atoms with Crippen molar-refractivity contribution in [3.63, 3.8) is 0 Å². The van der Waals surface area contributed by atoms with E-state index in [9.17, 15) is 9.90 Å². The fourth-order valence-corrected chi connectivity index (χ4v) is 2.88. The fraction of sp³-hybridized carbons (Fsp3) is 0.643. The van der Waals surface area contributed by atoms with Gasteiger partial charge < -0.3 is 10.0 Å². The zero-order valence-corrected chi connectivity index (χ0v) is 12.3. The molecule has 1 saturated heterocycles. The Kier molecular flexibility index (Phi) is 4.35. The van der Waals surface area contributed by atoms with Crippen LogP contribution in [0.4, 0.5) is 0 Å². The summed E-state index contributed by atoms with van der Waals surface area (Å²) in [4.78, 5) is 24.5. The SMILES string of the molecule is Cc1nccnc1C(C)(CC(=O)O)N1CCN(C)CC1. The largest absolute Gasteiger partial charge is 0.481 e. The molecule has 0 amide bonds. The van der Waals surface area contributed by atoms with E-state index in [1.807, 2.05) is 13.8 Å². The van der Waals surface area contributed by atoms with Gasteiger partial charge in [0.1, 0.15) is 0 Å².